The molecule has 0 aliphatic carbocycles. The van der Waals surface area contributed by atoms with Gasteiger partial charge in [-0.3, -0.25) is 4.79 Å². The molecule has 0 saturated carbocycles. The number of nitrogens with zero attached hydrogens (tertiary/aromatic N) is 1. The topological polar surface area (TPSA) is 56.0 Å². The minimum Gasteiger partial charge on any atom is -0.364 e. The van der Waals surface area contributed by atoms with E-state index in [0.717, 1.165) is 0 Å². The standard InChI is InChI=1S/C8H6N2O/c1-2-6-4-3-5-10-7(6)8(9)11/h1,3-5H,(H2,9,11). The maximum Gasteiger partial charge on any atom is 0.268 e. The zero-order valence-corrected chi connectivity index (χ0v) is 5.74. The summed E-state index contributed by atoms with van der Waals surface area (Å²) in [6.45, 7) is 0. The largest absolute Gasteiger partial charge is 0.364 e. The van der Waals surface area contributed by atoms with Crippen molar-refractivity contribution in [3.05, 3.63) is 29.6 Å². The zero-order chi connectivity index (χ0) is 8.27. The summed E-state index contributed by atoms with van der Waals surface area (Å²) in [5, 5.41) is 0. The molecule has 0 aliphatic rings. The lowest BCUT2D eigenvalue weighted by Crippen LogP contribution is -2.14. The lowest BCUT2D eigenvalue weighted by molar-refractivity contribution is 0.0995. The van der Waals surface area contributed by atoms with Crippen LogP contribution in [0.3, 0.4) is 0 Å². The van der Waals surface area contributed by atoms with E-state index in [9.17, 15) is 4.79 Å². The molecule has 11 heavy (non-hydrogen) atoms. The lowest BCUT2D eigenvalue weighted by atomic mass is 10.2. The van der Waals surface area contributed by atoms with Crippen molar-refractivity contribution in [1.82, 2.24) is 4.98 Å². The summed E-state index contributed by atoms with van der Waals surface area (Å²) in [6, 6.07) is 3.27. The molecule has 1 rings (SSSR count). The minimum atomic E-state index is -0.599. The average molecular weight is 146 g/mol. The van der Waals surface area contributed by atoms with Crippen LogP contribution in [0.5, 0.6) is 0 Å². The number of terminal acetylenes is 1. The molecule has 0 fully saturated rings. The third-order valence-electron chi connectivity index (χ3n) is 1.20. The highest BCUT2D eigenvalue weighted by atomic mass is 16.1. The van der Waals surface area contributed by atoms with Gasteiger partial charge in [-0.05, 0) is 12.1 Å². The quantitative estimate of drug-likeness (QED) is 0.574. The Hall–Kier alpha value is -1.82. The fourth-order valence-corrected chi connectivity index (χ4v) is 0.718. The van der Waals surface area contributed by atoms with Crippen LogP contribution in [0.25, 0.3) is 0 Å². The first-order chi connectivity index (χ1) is 5.25. The Bertz CT molecular complexity index is 325. The molecule has 0 radical (unpaired) electrons. The predicted molar refractivity (Wildman–Crippen MR) is 40.7 cm³/mol. The van der Waals surface area contributed by atoms with Crippen molar-refractivity contribution in [3.63, 3.8) is 0 Å². The SMILES string of the molecule is C#Cc1cccnc1C(N)=O. The maximum atomic E-state index is 10.6. The van der Waals surface area contributed by atoms with Gasteiger partial charge in [0.15, 0.2) is 0 Å². The van der Waals surface area contributed by atoms with E-state index in [4.69, 9.17) is 12.2 Å². The van der Waals surface area contributed by atoms with E-state index in [1.54, 1.807) is 12.1 Å². The van der Waals surface area contributed by atoms with Crippen molar-refractivity contribution in [2.75, 3.05) is 0 Å². The molecule has 0 aliphatic heterocycles. The Morgan fingerprint density at radius 2 is 2.45 bits per heavy atom. The lowest BCUT2D eigenvalue weighted by Gasteiger charge is -1.95. The van der Waals surface area contributed by atoms with Crippen molar-refractivity contribution in [3.8, 4) is 12.3 Å². The van der Waals surface area contributed by atoms with Crippen LogP contribution in [0, 0.1) is 12.3 Å². The smallest absolute Gasteiger partial charge is 0.268 e. The highest BCUT2D eigenvalue weighted by Crippen LogP contribution is 2.01. The minimum absolute atomic E-state index is 0.148. The fourth-order valence-electron chi connectivity index (χ4n) is 0.718. The molecule has 54 valence electrons. The van der Waals surface area contributed by atoms with Gasteiger partial charge in [-0.25, -0.2) is 4.98 Å². The second-order valence-electron chi connectivity index (χ2n) is 1.91. The van der Waals surface area contributed by atoms with E-state index >= 15 is 0 Å². The number of amides is 1. The number of rotatable bonds is 1. The number of carbonyl (C=O) groups excluding carboxylic acids is 1. The normalized spacial score (nSPS) is 8.64. The Kier molecular flexibility index (Phi) is 1.88. The maximum absolute atomic E-state index is 10.6. The van der Waals surface area contributed by atoms with E-state index < -0.39 is 5.91 Å². The summed E-state index contributed by atoms with van der Waals surface area (Å²) in [6.07, 6.45) is 6.56. The summed E-state index contributed by atoms with van der Waals surface area (Å²) in [7, 11) is 0. The molecular formula is C8H6N2O. The van der Waals surface area contributed by atoms with Crippen LogP contribution < -0.4 is 5.73 Å². The highest BCUT2D eigenvalue weighted by molar-refractivity contribution is 5.93. The summed E-state index contributed by atoms with van der Waals surface area (Å²) >= 11 is 0. The van der Waals surface area contributed by atoms with E-state index in [1.165, 1.54) is 6.20 Å². The highest BCUT2D eigenvalue weighted by Gasteiger charge is 2.05. The number of aromatic nitrogens is 1. The van der Waals surface area contributed by atoms with Crippen LogP contribution in [0.15, 0.2) is 18.3 Å². The molecule has 0 atom stereocenters. The zero-order valence-electron chi connectivity index (χ0n) is 5.74. The van der Waals surface area contributed by atoms with Gasteiger partial charge in [0.1, 0.15) is 5.69 Å². The number of primary amides is 1. The number of nitrogens with two attached hydrogens (primary N) is 1. The molecule has 1 aromatic heterocycles. The van der Waals surface area contributed by atoms with Gasteiger partial charge in [0, 0.05) is 6.20 Å². The summed E-state index contributed by atoms with van der Waals surface area (Å²) in [4.78, 5) is 14.4. The van der Waals surface area contributed by atoms with Gasteiger partial charge in [-0.1, -0.05) is 5.92 Å². The van der Waals surface area contributed by atoms with Gasteiger partial charge in [-0.15, -0.1) is 6.42 Å². The van der Waals surface area contributed by atoms with Crippen LogP contribution in [-0.4, -0.2) is 10.9 Å². The van der Waals surface area contributed by atoms with Gasteiger partial charge >= 0.3 is 0 Å². The number of carbonyl (C=O) groups is 1. The number of hydrogen-bond acceptors (Lipinski definition) is 2. The molecule has 2 N–H and O–H groups in total. The van der Waals surface area contributed by atoms with Crippen molar-refractivity contribution in [2.24, 2.45) is 5.73 Å². The van der Waals surface area contributed by atoms with Gasteiger partial charge in [0.2, 0.25) is 0 Å². The monoisotopic (exact) mass is 146 g/mol. The molecular weight excluding hydrogens is 140 g/mol. The first kappa shape index (κ1) is 7.29. The van der Waals surface area contributed by atoms with Crippen molar-refractivity contribution in [2.45, 2.75) is 0 Å². The van der Waals surface area contributed by atoms with E-state index in [1.807, 2.05) is 0 Å². The summed E-state index contributed by atoms with van der Waals surface area (Å²) in [5.41, 5.74) is 5.57. The van der Waals surface area contributed by atoms with Gasteiger partial charge in [0.25, 0.3) is 5.91 Å². The van der Waals surface area contributed by atoms with Crippen molar-refractivity contribution < 1.29 is 4.79 Å². The summed E-state index contributed by atoms with van der Waals surface area (Å²) < 4.78 is 0. The van der Waals surface area contributed by atoms with Gasteiger partial charge in [-0.2, -0.15) is 0 Å². The first-order valence-electron chi connectivity index (χ1n) is 2.97. The molecule has 0 spiro atoms. The van der Waals surface area contributed by atoms with Gasteiger partial charge < -0.3 is 5.73 Å². The van der Waals surface area contributed by atoms with Gasteiger partial charge in [0.05, 0.1) is 5.56 Å². The molecule has 0 aromatic carbocycles. The van der Waals surface area contributed by atoms with Crippen molar-refractivity contribution in [1.29, 1.82) is 0 Å². The molecule has 1 amide bonds. The molecule has 1 heterocycles. The molecule has 0 saturated heterocycles. The van der Waals surface area contributed by atoms with E-state index in [-0.39, 0.29) is 5.69 Å². The molecule has 3 nitrogen and oxygen atoms in total. The van der Waals surface area contributed by atoms with E-state index in [2.05, 4.69) is 10.9 Å². The second-order valence-corrected chi connectivity index (χ2v) is 1.91. The van der Waals surface area contributed by atoms with Crippen LogP contribution in [0.1, 0.15) is 16.1 Å². The molecule has 1 aromatic rings. The third kappa shape index (κ3) is 1.36. The fraction of sp³-hybridized carbons (Fsp3) is 0. The van der Waals surface area contributed by atoms with Crippen LogP contribution in [-0.2, 0) is 0 Å². The molecule has 0 bridgehead atoms. The first-order valence-corrected chi connectivity index (χ1v) is 2.97. The third-order valence-corrected chi connectivity index (χ3v) is 1.20. The van der Waals surface area contributed by atoms with Crippen LogP contribution >= 0.6 is 0 Å². The van der Waals surface area contributed by atoms with Crippen LogP contribution in [0.4, 0.5) is 0 Å². The average Bonchev–Trinajstić information content (AvgIpc) is 2.04. The van der Waals surface area contributed by atoms with Crippen LogP contribution in [0.2, 0.25) is 0 Å². The Morgan fingerprint density at radius 3 is 2.91 bits per heavy atom. The molecule has 0 unspecified atom stereocenters. The Morgan fingerprint density at radius 1 is 1.73 bits per heavy atom. The summed E-state index contributed by atoms with van der Waals surface area (Å²) in [5.74, 6) is 1.72. The Labute approximate surface area is 64.2 Å². The second kappa shape index (κ2) is 2.84. The number of pyridine rings is 1. The Balaban J connectivity index is 3.26. The number of hydrogen-bond donors (Lipinski definition) is 1. The predicted octanol–water partition coefficient (Wildman–Crippen LogP) is 0.162. The molecule has 3 heteroatoms. The van der Waals surface area contributed by atoms with Crippen molar-refractivity contribution >= 4 is 5.91 Å². The van der Waals surface area contributed by atoms with E-state index in [0.29, 0.717) is 5.56 Å².